The maximum atomic E-state index is 11.4. The number of hydrogen-bond donors (Lipinski definition) is 4. The summed E-state index contributed by atoms with van der Waals surface area (Å²) in [5.74, 6) is -1.32. The molecule has 0 atom stereocenters. The largest absolute Gasteiger partial charge is 0.461 e. The third kappa shape index (κ3) is 4.76. The molecule has 0 radical (unpaired) electrons. The zero-order valence-corrected chi connectivity index (χ0v) is 10.4. The van der Waals surface area contributed by atoms with Gasteiger partial charge < -0.3 is 21.1 Å². The number of carbonyl (C=O) groups is 3. The first kappa shape index (κ1) is 14.6. The van der Waals surface area contributed by atoms with E-state index >= 15 is 0 Å². The highest BCUT2D eigenvalue weighted by molar-refractivity contribution is 5.95. The van der Waals surface area contributed by atoms with E-state index in [1.54, 1.807) is 6.92 Å². The third-order valence-corrected chi connectivity index (χ3v) is 1.97. The lowest BCUT2D eigenvalue weighted by atomic mass is 10.4. The van der Waals surface area contributed by atoms with Gasteiger partial charge in [-0.05, 0) is 6.92 Å². The van der Waals surface area contributed by atoms with Crippen molar-refractivity contribution in [3.63, 3.8) is 0 Å². The summed E-state index contributed by atoms with van der Waals surface area (Å²) in [6.07, 6.45) is 0. The van der Waals surface area contributed by atoms with Crippen molar-refractivity contribution < 1.29 is 19.1 Å². The first-order valence-electron chi connectivity index (χ1n) is 5.56. The van der Waals surface area contributed by atoms with Crippen LogP contribution in [0, 0.1) is 0 Å². The average Bonchev–Trinajstić information content (AvgIpc) is 2.84. The Hall–Kier alpha value is -2.42. The van der Waals surface area contributed by atoms with Crippen molar-refractivity contribution in [2.24, 2.45) is 5.73 Å². The van der Waals surface area contributed by atoms with Gasteiger partial charge in [0.05, 0.1) is 19.7 Å². The fourth-order valence-electron chi connectivity index (χ4n) is 1.14. The summed E-state index contributed by atoms with van der Waals surface area (Å²) in [6, 6.07) is 1.33. The van der Waals surface area contributed by atoms with Crippen molar-refractivity contribution in [1.82, 2.24) is 15.5 Å². The molecule has 0 unspecified atom stereocenters. The Morgan fingerprint density at radius 1 is 1.42 bits per heavy atom. The maximum Gasteiger partial charge on any atom is 0.356 e. The van der Waals surface area contributed by atoms with E-state index in [1.165, 1.54) is 6.07 Å². The number of esters is 1. The fourth-order valence-corrected chi connectivity index (χ4v) is 1.14. The molecule has 19 heavy (non-hydrogen) atoms. The Balaban J connectivity index is 2.47. The van der Waals surface area contributed by atoms with Crippen LogP contribution in [-0.4, -0.2) is 47.7 Å². The van der Waals surface area contributed by atoms with Crippen molar-refractivity contribution >= 4 is 23.6 Å². The minimum absolute atomic E-state index is 0.128. The van der Waals surface area contributed by atoms with Gasteiger partial charge in [-0.3, -0.25) is 14.7 Å². The van der Waals surface area contributed by atoms with E-state index in [9.17, 15) is 14.4 Å². The Kier molecular flexibility index (Phi) is 5.48. The number of anilines is 1. The molecule has 0 aliphatic heterocycles. The number of nitrogens with one attached hydrogen (secondary N) is 3. The van der Waals surface area contributed by atoms with E-state index in [0.717, 1.165) is 0 Å². The fraction of sp³-hybridized carbons (Fsp3) is 0.400. The van der Waals surface area contributed by atoms with Gasteiger partial charge in [-0.2, -0.15) is 5.10 Å². The highest BCUT2D eigenvalue weighted by Gasteiger charge is 2.12. The molecular weight excluding hydrogens is 254 g/mol. The molecule has 0 aromatic carbocycles. The number of nitrogens with zero attached hydrogens (tertiary/aromatic N) is 1. The Morgan fingerprint density at radius 2 is 2.16 bits per heavy atom. The molecule has 1 aromatic rings. The van der Waals surface area contributed by atoms with Gasteiger partial charge in [0, 0.05) is 6.07 Å². The van der Waals surface area contributed by atoms with E-state index in [4.69, 9.17) is 10.5 Å². The van der Waals surface area contributed by atoms with Crippen molar-refractivity contribution in [2.45, 2.75) is 6.92 Å². The normalized spacial score (nSPS) is 9.79. The second-order valence-electron chi connectivity index (χ2n) is 3.42. The number of rotatable bonds is 6. The van der Waals surface area contributed by atoms with E-state index in [0.29, 0.717) is 0 Å². The molecule has 1 heterocycles. The van der Waals surface area contributed by atoms with Crippen LogP contribution < -0.4 is 16.4 Å². The van der Waals surface area contributed by atoms with E-state index in [-0.39, 0.29) is 31.2 Å². The van der Waals surface area contributed by atoms with Crippen LogP contribution in [0.5, 0.6) is 0 Å². The van der Waals surface area contributed by atoms with Gasteiger partial charge in [0.2, 0.25) is 11.8 Å². The standard InChI is InChI=1S/C10H15N5O4/c1-2-19-10(18)6-3-7(15-14-6)13-9(17)5-12-8(16)4-11/h3H,2,4-5,11H2,1H3,(H,12,16)(H2,13,14,15,17). The minimum Gasteiger partial charge on any atom is -0.461 e. The Bertz CT molecular complexity index is 470. The van der Waals surface area contributed by atoms with E-state index in [2.05, 4.69) is 20.8 Å². The molecule has 9 nitrogen and oxygen atoms in total. The molecule has 2 amide bonds. The monoisotopic (exact) mass is 269 g/mol. The quantitative estimate of drug-likeness (QED) is 0.468. The lowest BCUT2D eigenvalue weighted by Crippen LogP contribution is -2.36. The molecule has 1 aromatic heterocycles. The molecule has 0 saturated carbocycles. The van der Waals surface area contributed by atoms with Crippen molar-refractivity contribution in [3.05, 3.63) is 11.8 Å². The van der Waals surface area contributed by atoms with Gasteiger partial charge in [-0.25, -0.2) is 4.79 Å². The van der Waals surface area contributed by atoms with E-state index in [1.807, 2.05) is 0 Å². The number of nitrogens with two attached hydrogens (primary N) is 1. The lowest BCUT2D eigenvalue weighted by Gasteiger charge is -2.02. The number of carbonyl (C=O) groups excluding carboxylic acids is 3. The number of hydrogen-bond acceptors (Lipinski definition) is 6. The highest BCUT2D eigenvalue weighted by Crippen LogP contribution is 2.06. The molecule has 104 valence electrons. The summed E-state index contributed by atoms with van der Waals surface area (Å²) in [5.41, 5.74) is 5.19. The van der Waals surface area contributed by atoms with Gasteiger partial charge in [0.1, 0.15) is 5.69 Å². The van der Waals surface area contributed by atoms with Crippen LogP contribution in [0.4, 0.5) is 5.82 Å². The van der Waals surface area contributed by atoms with Crippen LogP contribution >= 0.6 is 0 Å². The van der Waals surface area contributed by atoms with Gasteiger partial charge >= 0.3 is 5.97 Å². The zero-order valence-electron chi connectivity index (χ0n) is 10.4. The van der Waals surface area contributed by atoms with Gasteiger partial charge in [-0.1, -0.05) is 0 Å². The van der Waals surface area contributed by atoms with Crippen molar-refractivity contribution in [2.75, 3.05) is 25.0 Å². The number of ether oxygens (including phenoxy) is 1. The molecule has 0 bridgehead atoms. The maximum absolute atomic E-state index is 11.4. The molecular formula is C10H15N5O4. The van der Waals surface area contributed by atoms with Crippen molar-refractivity contribution in [3.8, 4) is 0 Å². The first-order valence-corrected chi connectivity index (χ1v) is 5.56. The average molecular weight is 269 g/mol. The predicted molar refractivity (Wildman–Crippen MR) is 65.2 cm³/mol. The summed E-state index contributed by atoms with van der Waals surface area (Å²) >= 11 is 0. The molecule has 1 rings (SSSR count). The molecule has 9 heteroatoms. The molecule has 0 aliphatic rings. The molecule has 0 fully saturated rings. The SMILES string of the molecule is CCOC(=O)c1cc(NC(=O)CNC(=O)CN)n[nH]1. The van der Waals surface area contributed by atoms with E-state index < -0.39 is 17.8 Å². The second kappa shape index (κ2) is 7.11. The molecule has 5 N–H and O–H groups in total. The molecule has 0 spiro atoms. The van der Waals surface area contributed by atoms with Crippen LogP contribution in [-0.2, 0) is 14.3 Å². The summed E-state index contributed by atoms with van der Waals surface area (Å²) < 4.78 is 4.75. The van der Waals surface area contributed by atoms with Crippen LogP contribution in [0.25, 0.3) is 0 Å². The van der Waals surface area contributed by atoms with Crippen LogP contribution in [0.1, 0.15) is 17.4 Å². The van der Waals surface area contributed by atoms with Gasteiger partial charge in [0.25, 0.3) is 0 Å². The number of aromatic nitrogens is 2. The second-order valence-corrected chi connectivity index (χ2v) is 3.42. The van der Waals surface area contributed by atoms with Crippen molar-refractivity contribution in [1.29, 1.82) is 0 Å². The first-order chi connectivity index (χ1) is 9.06. The summed E-state index contributed by atoms with van der Waals surface area (Å²) in [6.45, 7) is 1.50. The number of amides is 2. The van der Waals surface area contributed by atoms with Gasteiger partial charge in [-0.15, -0.1) is 0 Å². The Morgan fingerprint density at radius 3 is 2.79 bits per heavy atom. The summed E-state index contributed by atoms with van der Waals surface area (Å²) in [7, 11) is 0. The minimum atomic E-state index is -0.563. The number of H-pyrrole nitrogens is 1. The topological polar surface area (TPSA) is 139 Å². The summed E-state index contributed by atoms with van der Waals surface area (Å²) in [4.78, 5) is 33.6. The Labute approximate surface area is 108 Å². The van der Waals surface area contributed by atoms with Crippen LogP contribution in [0.15, 0.2) is 6.07 Å². The smallest absolute Gasteiger partial charge is 0.356 e. The highest BCUT2D eigenvalue weighted by atomic mass is 16.5. The molecule has 0 saturated heterocycles. The predicted octanol–water partition coefficient (Wildman–Crippen LogP) is -1.40. The summed E-state index contributed by atoms with van der Waals surface area (Å²) in [5, 5.41) is 10.8. The van der Waals surface area contributed by atoms with Gasteiger partial charge in [0.15, 0.2) is 5.82 Å². The third-order valence-electron chi connectivity index (χ3n) is 1.97. The number of aromatic amines is 1. The van der Waals surface area contributed by atoms with Crippen LogP contribution in [0.3, 0.4) is 0 Å². The zero-order chi connectivity index (χ0) is 14.3. The lowest BCUT2D eigenvalue weighted by molar-refractivity contribution is -0.123. The molecule has 0 aliphatic carbocycles. The van der Waals surface area contributed by atoms with Crippen LogP contribution in [0.2, 0.25) is 0 Å².